The molecule has 0 saturated carbocycles. The predicted octanol–water partition coefficient (Wildman–Crippen LogP) is 3.13. The zero-order valence-corrected chi connectivity index (χ0v) is 11.8. The highest BCUT2D eigenvalue weighted by Crippen LogP contribution is 2.29. The number of hydrogen-bond donors (Lipinski definition) is 0. The quantitative estimate of drug-likeness (QED) is 0.848. The second kappa shape index (κ2) is 6.47. The fourth-order valence-electron chi connectivity index (χ4n) is 1.57. The standard InChI is InChI=1S/C13H13ClFN3O2/c1-3-6-20-13-17-11(16-12(14)18-13)9-7-8(15)4-5-10(9)19-2/h4-5,7H,3,6H2,1-2H3. The van der Waals surface area contributed by atoms with Crippen molar-refractivity contribution in [2.45, 2.75) is 13.3 Å². The van der Waals surface area contributed by atoms with Crippen molar-refractivity contribution < 1.29 is 13.9 Å². The minimum Gasteiger partial charge on any atom is -0.496 e. The minimum absolute atomic E-state index is 0.0209. The Morgan fingerprint density at radius 2 is 2.05 bits per heavy atom. The van der Waals surface area contributed by atoms with E-state index >= 15 is 0 Å². The van der Waals surface area contributed by atoms with Crippen LogP contribution in [0.15, 0.2) is 18.2 Å². The number of ether oxygens (including phenoxy) is 2. The second-order valence-corrected chi connectivity index (χ2v) is 4.24. The Morgan fingerprint density at radius 3 is 2.75 bits per heavy atom. The average Bonchev–Trinajstić information content (AvgIpc) is 2.44. The molecule has 0 spiro atoms. The number of halogens is 2. The zero-order chi connectivity index (χ0) is 14.5. The first-order chi connectivity index (χ1) is 9.63. The van der Waals surface area contributed by atoms with E-state index in [9.17, 15) is 4.39 Å². The lowest BCUT2D eigenvalue weighted by atomic mass is 10.2. The average molecular weight is 298 g/mol. The van der Waals surface area contributed by atoms with E-state index in [0.717, 1.165) is 6.42 Å². The van der Waals surface area contributed by atoms with Crippen LogP contribution >= 0.6 is 11.6 Å². The molecule has 0 amide bonds. The number of methoxy groups -OCH3 is 1. The van der Waals surface area contributed by atoms with E-state index < -0.39 is 5.82 Å². The molecule has 0 saturated heterocycles. The van der Waals surface area contributed by atoms with Gasteiger partial charge in [0.05, 0.1) is 19.3 Å². The molecule has 7 heteroatoms. The third kappa shape index (κ3) is 3.33. The van der Waals surface area contributed by atoms with Crippen LogP contribution in [0.5, 0.6) is 11.8 Å². The summed E-state index contributed by atoms with van der Waals surface area (Å²) >= 11 is 5.84. The molecule has 0 unspecified atom stereocenters. The molecule has 0 aliphatic rings. The van der Waals surface area contributed by atoms with Gasteiger partial charge in [-0.3, -0.25) is 0 Å². The van der Waals surface area contributed by atoms with E-state index in [0.29, 0.717) is 17.9 Å². The number of nitrogens with zero attached hydrogens (tertiary/aromatic N) is 3. The van der Waals surface area contributed by atoms with Gasteiger partial charge in [-0.1, -0.05) is 6.92 Å². The SMILES string of the molecule is CCCOc1nc(Cl)nc(-c2cc(F)ccc2OC)n1. The fraction of sp³-hybridized carbons (Fsp3) is 0.308. The second-order valence-electron chi connectivity index (χ2n) is 3.90. The molecule has 20 heavy (non-hydrogen) atoms. The van der Waals surface area contributed by atoms with Crippen molar-refractivity contribution in [3.63, 3.8) is 0 Å². The molecule has 0 aliphatic carbocycles. The van der Waals surface area contributed by atoms with Crippen LogP contribution in [0.25, 0.3) is 11.4 Å². The monoisotopic (exact) mass is 297 g/mol. The Labute approximate surface area is 120 Å². The molecule has 1 aromatic carbocycles. The summed E-state index contributed by atoms with van der Waals surface area (Å²) in [6, 6.07) is 4.16. The van der Waals surface area contributed by atoms with Gasteiger partial charge in [0.25, 0.3) is 0 Å². The highest BCUT2D eigenvalue weighted by atomic mass is 35.5. The number of rotatable bonds is 5. The van der Waals surface area contributed by atoms with E-state index in [4.69, 9.17) is 21.1 Å². The molecule has 0 aliphatic heterocycles. The van der Waals surface area contributed by atoms with E-state index in [1.54, 1.807) is 0 Å². The molecule has 1 heterocycles. The van der Waals surface area contributed by atoms with Gasteiger partial charge in [-0.15, -0.1) is 0 Å². The van der Waals surface area contributed by atoms with Gasteiger partial charge in [0.1, 0.15) is 11.6 Å². The lowest BCUT2D eigenvalue weighted by molar-refractivity contribution is 0.291. The van der Waals surface area contributed by atoms with E-state index in [2.05, 4.69) is 15.0 Å². The summed E-state index contributed by atoms with van der Waals surface area (Å²) in [6.07, 6.45) is 0.807. The van der Waals surface area contributed by atoms with Crippen LogP contribution in [0.2, 0.25) is 5.28 Å². The molecule has 106 valence electrons. The van der Waals surface area contributed by atoms with E-state index in [-0.39, 0.29) is 17.1 Å². The van der Waals surface area contributed by atoms with Crippen LogP contribution in [-0.2, 0) is 0 Å². The third-order valence-corrected chi connectivity index (χ3v) is 2.59. The summed E-state index contributed by atoms with van der Waals surface area (Å²) < 4.78 is 23.9. The van der Waals surface area contributed by atoms with Gasteiger partial charge in [0.15, 0.2) is 5.82 Å². The van der Waals surface area contributed by atoms with Gasteiger partial charge in [0, 0.05) is 0 Å². The molecule has 0 fully saturated rings. The van der Waals surface area contributed by atoms with Crippen molar-refractivity contribution in [1.82, 2.24) is 15.0 Å². The summed E-state index contributed by atoms with van der Waals surface area (Å²) in [7, 11) is 1.48. The maximum Gasteiger partial charge on any atom is 0.321 e. The first kappa shape index (κ1) is 14.5. The third-order valence-electron chi connectivity index (χ3n) is 2.43. The maximum atomic E-state index is 13.4. The Hall–Kier alpha value is -1.95. The predicted molar refractivity (Wildman–Crippen MR) is 72.6 cm³/mol. The molecule has 0 atom stereocenters. The molecule has 2 rings (SSSR count). The topological polar surface area (TPSA) is 57.1 Å². The lowest BCUT2D eigenvalue weighted by Crippen LogP contribution is -2.03. The maximum absolute atomic E-state index is 13.4. The highest BCUT2D eigenvalue weighted by molar-refractivity contribution is 6.28. The van der Waals surface area contributed by atoms with Crippen molar-refractivity contribution in [1.29, 1.82) is 0 Å². The highest BCUT2D eigenvalue weighted by Gasteiger charge is 2.13. The first-order valence-corrected chi connectivity index (χ1v) is 6.40. The van der Waals surface area contributed by atoms with Crippen molar-refractivity contribution in [3.8, 4) is 23.1 Å². The van der Waals surface area contributed by atoms with Crippen LogP contribution in [0.1, 0.15) is 13.3 Å². The molecular formula is C13H13ClFN3O2. The molecule has 2 aromatic rings. The molecule has 1 aromatic heterocycles. The first-order valence-electron chi connectivity index (χ1n) is 6.02. The molecule has 0 bridgehead atoms. The van der Waals surface area contributed by atoms with E-state index in [1.807, 2.05) is 6.92 Å². The number of hydrogen-bond acceptors (Lipinski definition) is 5. The summed E-state index contributed by atoms with van der Waals surface area (Å²) in [6.45, 7) is 2.42. The minimum atomic E-state index is -0.423. The van der Waals surface area contributed by atoms with E-state index in [1.165, 1.54) is 25.3 Å². The Balaban J connectivity index is 2.46. The van der Waals surface area contributed by atoms with Gasteiger partial charge < -0.3 is 9.47 Å². The van der Waals surface area contributed by atoms with Gasteiger partial charge in [-0.25, -0.2) is 4.39 Å². The smallest absolute Gasteiger partial charge is 0.321 e. The van der Waals surface area contributed by atoms with Crippen molar-refractivity contribution >= 4 is 11.6 Å². The Bertz CT molecular complexity index is 610. The molecule has 0 radical (unpaired) electrons. The van der Waals surface area contributed by atoms with Gasteiger partial charge >= 0.3 is 6.01 Å². The van der Waals surface area contributed by atoms with Gasteiger partial charge in [0.2, 0.25) is 5.28 Å². The van der Waals surface area contributed by atoms with Crippen LogP contribution < -0.4 is 9.47 Å². The number of aromatic nitrogens is 3. The van der Waals surface area contributed by atoms with Crippen LogP contribution in [-0.4, -0.2) is 28.7 Å². The lowest BCUT2D eigenvalue weighted by Gasteiger charge is -2.09. The summed E-state index contributed by atoms with van der Waals surface area (Å²) in [5.74, 6) is 0.218. The van der Waals surface area contributed by atoms with Crippen LogP contribution in [0.3, 0.4) is 0 Å². The summed E-state index contributed by atoms with van der Waals surface area (Å²) in [5.41, 5.74) is 0.387. The van der Waals surface area contributed by atoms with Crippen molar-refractivity contribution in [3.05, 3.63) is 29.3 Å². The van der Waals surface area contributed by atoms with Gasteiger partial charge in [-0.2, -0.15) is 15.0 Å². The van der Waals surface area contributed by atoms with Crippen LogP contribution in [0.4, 0.5) is 4.39 Å². The zero-order valence-electron chi connectivity index (χ0n) is 11.1. The summed E-state index contributed by atoms with van der Waals surface area (Å²) in [4.78, 5) is 12.0. The summed E-state index contributed by atoms with van der Waals surface area (Å²) in [5, 5.41) is -0.0209. The largest absolute Gasteiger partial charge is 0.496 e. The fourth-order valence-corrected chi connectivity index (χ4v) is 1.72. The van der Waals surface area contributed by atoms with Crippen molar-refractivity contribution in [2.24, 2.45) is 0 Å². The molecule has 5 nitrogen and oxygen atoms in total. The number of benzene rings is 1. The molecular weight excluding hydrogens is 285 g/mol. The van der Waals surface area contributed by atoms with Crippen LogP contribution in [0, 0.1) is 5.82 Å². The molecule has 0 N–H and O–H groups in total. The Morgan fingerprint density at radius 1 is 1.25 bits per heavy atom. The van der Waals surface area contributed by atoms with Crippen molar-refractivity contribution in [2.75, 3.05) is 13.7 Å². The normalized spacial score (nSPS) is 10.4. The van der Waals surface area contributed by atoms with Gasteiger partial charge in [-0.05, 0) is 36.2 Å². The Kier molecular flexibility index (Phi) is 4.68.